The van der Waals surface area contributed by atoms with Crippen LogP contribution in [-0.4, -0.2) is 66.7 Å². The normalized spacial score (nSPS) is 20.8. The molecule has 2 aromatic carbocycles. The molecule has 1 amide bonds. The molecule has 0 aromatic heterocycles. The first kappa shape index (κ1) is 29.5. The number of likely N-dealkylation sites (tertiary alicyclic amines) is 1. The Morgan fingerprint density at radius 1 is 1.16 bits per heavy atom. The van der Waals surface area contributed by atoms with E-state index in [9.17, 15) is 22.5 Å². The fourth-order valence-corrected chi connectivity index (χ4v) is 7.92. The van der Waals surface area contributed by atoms with Gasteiger partial charge in [0.1, 0.15) is 12.2 Å². The minimum absolute atomic E-state index is 0.0194. The Hall–Kier alpha value is -1.49. The van der Waals surface area contributed by atoms with Gasteiger partial charge in [0.25, 0.3) is 0 Å². The van der Waals surface area contributed by atoms with Crippen molar-refractivity contribution in [3.05, 3.63) is 69.2 Å². The number of nitrogens with zero attached hydrogens (tertiary/aromatic N) is 2. The number of amides is 1. The second-order valence-corrected chi connectivity index (χ2v) is 12.8. The zero-order valence-electron chi connectivity index (χ0n) is 21.4. The Balaban J connectivity index is 1.51. The van der Waals surface area contributed by atoms with Crippen LogP contribution in [0.5, 0.6) is 0 Å². The maximum absolute atomic E-state index is 13.1. The molecule has 0 aliphatic carbocycles. The van der Waals surface area contributed by atoms with Crippen LogP contribution in [0.3, 0.4) is 0 Å². The van der Waals surface area contributed by atoms with Gasteiger partial charge in [-0.05, 0) is 42.3 Å². The van der Waals surface area contributed by atoms with E-state index in [1.165, 1.54) is 18.2 Å². The zero-order valence-corrected chi connectivity index (χ0v) is 23.7. The molecule has 2 aromatic rings. The first-order chi connectivity index (χ1) is 17.9. The molecular weight excluding hydrogens is 558 g/mol. The van der Waals surface area contributed by atoms with E-state index in [2.05, 4.69) is 22.3 Å². The molecule has 1 unspecified atom stereocenters. The highest BCUT2D eigenvalue weighted by molar-refractivity contribution is 7.92. The van der Waals surface area contributed by atoms with E-state index in [-0.39, 0.29) is 11.3 Å². The summed E-state index contributed by atoms with van der Waals surface area (Å²) in [6.45, 7) is 2.16. The van der Waals surface area contributed by atoms with Crippen LogP contribution in [0.1, 0.15) is 42.4 Å². The molecule has 1 N–H and O–H groups in total. The summed E-state index contributed by atoms with van der Waals surface area (Å²) in [4.78, 5) is 15.8. The molecule has 0 radical (unpaired) electrons. The highest BCUT2D eigenvalue weighted by atomic mass is 35.5. The van der Waals surface area contributed by atoms with Gasteiger partial charge >= 0.3 is 6.18 Å². The second-order valence-electron chi connectivity index (χ2n) is 10.2. The number of carbonyl (C=O) groups is 1. The first-order valence-corrected chi connectivity index (χ1v) is 14.6. The zero-order chi connectivity index (χ0) is 27.7. The van der Waals surface area contributed by atoms with Crippen LogP contribution in [0.15, 0.2) is 42.5 Å². The van der Waals surface area contributed by atoms with Crippen LogP contribution in [0.2, 0.25) is 10.0 Å². The topological polar surface area (TPSA) is 58.6 Å². The number of carbonyl (C=O) groups excluding carboxylic acids is 1. The minimum atomic E-state index is -4.58. The van der Waals surface area contributed by atoms with Crippen molar-refractivity contribution in [3.63, 3.8) is 0 Å². The van der Waals surface area contributed by atoms with Crippen molar-refractivity contribution in [2.24, 2.45) is 0 Å². The van der Waals surface area contributed by atoms with E-state index in [1.54, 1.807) is 25.2 Å². The van der Waals surface area contributed by atoms with Gasteiger partial charge in [0.2, 0.25) is 5.91 Å². The van der Waals surface area contributed by atoms with Gasteiger partial charge in [0.05, 0.1) is 15.6 Å². The van der Waals surface area contributed by atoms with E-state index < -0.39 is 35.2 Å². The summed E-state index contributed by atoms with van der Waals surface area (Å²) in [6.07, 6.45) is -4.03. The minimum Gasteiger partial charge on any atom is -0.615 e. The lowest BCUT2D eigenvalue weighted by atomic mass is 9.84. The molecule has 208 valence electrons. The van der Waals surface area contributed by atoms with Gasteiger partial charge in [0.15, 0.2) is 4.75 Å². The Labute approximate surface area is 234 Å². The largest absolute Gasteiger partial charge is 0.615 e. The highest BCUT2D eigenvalue weighted by Crippen LogP contribution is 2.48. The van der Waals surface area contributed by atoms with Gasteiger partial charge in [-0.15, -0.1) is 0 Å². The smallest absolute Gasteiger partial charge is 0.397 e. The molecule has 4 rings (SSSR count). The third-order valence-corrected chi connectivity index (χ3v) is 10.8. The monoisotopic (exact) mass is 589 g/mol. The maximum atomic E-state index is 13.1. The number of rotatable bonds is 8. The molecule has 38 heavy (non-hydrogen) atoms. The van der Waals surface area contributed by atoms with Gasteiger partial charge in [0, 0.05) is 57.2 Å². The molecule has 1 fully saturated rings. The molecular formula is C27H32Cl2F3N3O2S. The summed E-state index contributed by atoms with van der Waals surface area (Å²) in [6, 6.07) is 13.3. The van der Waals surface area contributed by atoms with Crippen molar-refractivity contribution in [1.29, 1.82) is 0 Å². The van der Waals surface area contributed by atoms with E-state index in [4.69, 9.17) is 23.2 Å². The lowest BCUT2D eigenvalue weighted by Crippen LogP contribution is -2.53. The van der Waals surface area contributed by atoms with Crippen LogP contribution in [-0.2, 0) is 32.0 Å². The molecule has 0 saturated carbocycles. The van der Waals surface area contributed by atoms with Crippen molar-refractivity contribution in [2.75, 3.05) is 40.3 Å². The lowest BCUT2D eigenvalue weighted by Gasteiger charge is -2.42. The number of likely N-dealkylation sites (N-methyl/N-ethyl adjacent to an activating group) is 2. The number of piperidine rings is 1. The lowest BCUT2D eigenvalue weighted by molar-refractivity contribution is -0.161. The number of hydrogen-bond acceptors (Lipinski definition) is 4. The second kappa shape index (κ2) is 11.6. The summed E-state index contributed by atoms with van der Waals surface area (Å²) < 4.78 is 51.6. The molecule has 5 nitrogen and oxygen atoms in total. The Kier molecular flexibility index (Phi) is 8.96. The van der Waals surface area contributed by atoms with E-state index in [0.717, 1.165) is 36.4 Å². The predicted octanol–water partition coefficient (Wildman–Crippen LogP) is 5.46. The van der Waals surface area contributed by atoms with Crippen LogP contribution in [0.4, 0.5) is 13.2 Å². The van der Waals surface area contributed by atoms with E-state index in [0.29, 0.717) is 28.8 Å². The van der Waals surface area contributed by atoms with Crippen LogP contribution < -0.4 is 5.32 Å². The summed E-state index contributed by atoms with van der Waals surface area (Å²) in [5.74, 6) is -0.409. The molecule has 2 aliphatic rings. The van der Waals surface area contributed by atoms with Crippen molar-refractivity contribution < 1.29 is 22.5 Å². The standard InChI is InChI=1S/C27H32Cl2F3N3O2S/c1-33-25(20-7-8-22(28)23(29)15-20,18-34(2)24(36)16-27(30,31)32)9-12-35-13-10-26(11-14-35)21-6-4-3-5-19(21)17-38(26)37/h3-8,15,33H,9-14,16-18H2,1-2H3/t25?,38-/m0/s1. The fraction of sp³-hybridized carbons (Fsp3) is 0.519. The number of nitrogens with one attached hydrogen (secondary N) is 1. The third-order valence-electron chi connectivity index (χ3n) is 7.98. The highest BCUT2D eigenvalue weighted by Gasteiger charge is 2.52. The summed E-state index contributed by atoms with van der Waals surface area (Å²) in [7, 11) is 3.11. The average molecular weight is 591 g/mol. The number of hydrogen-bond donors (Lipinski definition) is 1. The van der Waals surface area contributed by atoms with Crippen molar-refractivity contribution in [2.45, 2.75) is 47.9 Å². The van der Waals surface area contributed by atoms with Gasteiger partial charge in [-0.1, -0.05) is 53.5 Å². The molecule has 2 atom stereocenters. The van der Waals surface area contributed by atoms with Crippen LogP contribution in [0, 0.1) is 0 Å². The van der Waals surface area contributed by atoms with Gasteiger partial charge in [-0.2, -0.15) is 13.2 Å². The van der Waals surface area contributed by atoms with E-state index in [1.807, 2.05) is 12.1 Å². The molecule has 0 bridgehead atoms. The Morgan fingerprint density at radius 2 is 1.84 bits per heavy atom. The van der Waals surface area contributed by atoms with Gasteiger partial charge in [-0.25, -0.2) is 0 Å². The Morgan fingerprint density at radius 3 is 2.47 bits per heavy atom. The van der Waals surface area contributed by atoms with E-state index >= 15 is 0 Å². The number of alkyl halides is 3. The predicted molar refractivity (Wildman–Crippen MR) is 146 cm³/mol. The third kappa shape index (κ3) is 6.13. The number of fused-ring (bicyclic) bond motifs is 2. The van der Waals surface area contributed by atoms with Crippen LogP contribution in [0.25, 0.3) is 0 Å². The number of benzene rings is 2. The SMILES string of the molecule is CNC(CCN1CCC2(CC1)c1ccccc1C[S@+]2[O-])(CN(C)C(=O)CC(F)(F)F)c1ccc(Cl)c(Cl)c1. The fourth-order valence-electron chi connectivity index (χ4n) is 5.73. The molecule has 1 spiro atoms. The molecule has 1 saturated heterocycles. The van der Waals surface area contributed by atoms with Crippen molar-refractivity contribution >= 4 is 40.3 Å². The summed E-state index contributed by atoms with van der Waals surface area (Å²) in [5.41, 5.74) is 2.24. The maximum Gasteiger partial charge on any atom is 0.397 e. The molecule has 2 heterocycles. The van der Waals surface area contributed by atoms with Crippen molar-refractivity contribution in [3.8, 4) is 0 Å². The first-order valence-electron chi connectivity index (χ1n) is 12.5. The van der Waals surface area contributed by atoms with Crippen LogP contribution >= 0.6 is 23.2 Å². The quantitative estimate of drug-likeness (QED) is 0.415. The van der Waals surface area contributed by atoms with Gasteiger partial charge < -0.3 is 19.7 Å². The summed E-state index contributed by atoms with van der Waals surface area (Å²) >= 11 is 11.5. The molecule has 2 aliphatic heterocycles. The molecule has 11 heteroatoms. The van der Waals surface area contributed by atoms with Crippen molar-refractivity contribution in [1.82, 2.24) is 15.1 Å². The van der Waals surface area contributed by atoms with Gasteiger partial charge in [-0.3, -0.25) is 4.79 Å². The summed E-state index contributed by atoms with van der Waals surface area (Å²) in [5, 5.41) is 3.98. The number of halogens is 5. The Bertz CT molecular complexity index is 1160. The average Bonchev–Trinajstić information content (AvgIpc) is 3.14.